The summed E-state index contributed by atoms with van der Waals surface area (Å²) in [6.45, 7) is 5.24. The van der Waals surface area contributed by atoms with E-state index in [-0.39, 0.29) is 11.8 Å². The quantitative estimate of drug-likeness (QED) is 0.553. The van der Waals surface area contributed by atoms with Crippen molar-refractivity contribution in [3.63, 3.8) is 0 Å². The Balaban J connectivity index is 3.04. The molecule has 5 nitrogen and oxygen atoms in total. The molecule has 1 heterocycles. The second-order valence-corrected chi connectivity index (χ2v) is 2.68. The number of nitrogens with one attached hydrogen (secondary N) is 1. The van der Waals surface area contributed by atoms with Crippen LogP contribution in [0, 0.1) is 5.82 Å². The number of hydrogen-bond donors (Lipinski definition) is 2. The Labute approximate surface area is 82.1 Å². The summed E-state index contributed by atoms with van der Waals surface area (Å²) in [5.41, 5.74) is 2.28. The molecule has 3 N–H and O–H groups in total. The van der Waals surface area contributed by atoms with Crippen molar-refractivity contribution in [2.24, 2.45) is 5.84 Å². The number of nitrogen functional groups attached to an aromatic ring is 1. The van der Waals surface area contributed by atoms with Crippen molar-refractivity contribution in [1.29, 1.82) is 0 Å². The van der Waals surface area contributed by atoms with E-state index in [0.717, 1.165) is 6.20 Å². The van der Waals surface area contributed by atoms with E-state index >= 15 is 0 Å². The van der Waals surface area contributed by atoms with Gasteiger partial charge in [0, 0.05) is 13.1 Å². The Kier molecular flexibility index (Phi) is 3.58. The minimum atomic E-state index is -0.437. The fourth-order valence-corrected chi connectivity index (χ4v) is 1.17. The van der Waals surface area contributed by atoms with Crippen molar-refractivity contribution in [3.05, 3.63) is 12.0 Å². The zero-order valence-electron chi connectivity index (χ0n) is 8.29. The smallest absolute Gasteiger partial charge is 0.239 e. The molecule has 0 fully saturated rings. The summed E-state index contributed by atoms with van der Waals surface area (Å²) in [7, 11) is 0. The monoisotopic (exact) mass is 199 g/mol. The minimum absolute atomic E-state index is 0.216. The Morgan fingerprint density at radius 3 is 2.64 bits per heavy atom. The van der Waals surface area contributed by atoms with Crippen LogP contribution in [0.1, 0.15) is 13.8 Å². The van der Waals surface area contributed by atoms with E-state index in [1.54, 1.807) is 4.90 Å². The van der Waals surface area contributed by atoms with Crippen molar-refractivity contribution >= 4 is 11.8 Å². The summed E-state index contributed by atoms with van der Waals surface area (Å²) in [6, 6.07) is 0. The van der Waals surface area contributed by atoms with Crippen LogP contribution in [0.15, 0.2) is 6.20 Å². The molecule has 1 rings (SSSR count). The van der Waals surface area contributed by atoms with Crippen molar-refractivity contribution < 1.29 is 4.39 Å². The Bertz CT molecular complexity index is 300. The lowest BCUT2D eigenvalue weighted by atomic mass is 10.4. The second kappa shape index (κ2) is 4.71. The number of hydrazine groups is 1. The summed E-state index contributed by atoms with van der Waals surface area (Å²) in [4.78, 5) is 9.39. The predicted molar refractivity (Wildman–Crippen MR) is 53.4 cm³/mol. The van der Waals surface area contributed by atoms with E-state index < -0.39 is 5.82 Å². The maximum absolute atomic E-state index is 13.3. The van der Waals surface area contributed by atoms with Gasteiger partial charge in [0.25, 0.3) is 0 Å². The lowest BCUT2D eigenvalue weighted by Crippen LogP contribution is -2.25. The van der Waals surface area contributed by atoms with Gasteiger partial charge in [-0.1, -0.05) is 0 Å². The number of rotatable bonds is 4. The summed E-state index contributed by atoms with van der Waals surface area (Å²) >= 11 is 0. The molecule has 6 heteroatoms. The summed E-state index contributed by atoms with van der Waals surface area (Å²) in [5, 5.41) is 0. The standard InChI is InChI=1S/C8H14FN5/c1-3-14(4-2)7-6(9)5-11-8(12-7)13-10/h5H,3-4,10H2,1-2H3,(H,11,12,13). The molecule has 1 aromatic rings. The third kappa shape index (κ3) is 2.08. The third-order valence-electron chi connectivity index (χ3n) is 1.92. The summed E-state index contributed by atoms with van der Waals surface area (Å²) in [5.74, 6) is 5.19. The molecule has 0 atom stereocenters. The number of hydrogen-bond acceptors (Lipinski definition) is 5. The van der Waals surface area contributed by atoms with Crippen LogP contribution in [0.4, 0.5) is 16.2 Å². The van der Waals surface area contributed by atoms with Gasteiger partial charge in [-0.25, -0.2) is 15.2 Å². The van der Waals surface area contributed by atoms with Gasteiger partial charge < -0.3 is 4.90 Å². The van der Waals surface area contributed by atoms with Gasteiger partial charge in [-0.3, -0.25) is 5.43 Å². The molecule has 0 aliphatic rings. The highest BCUT2D eigenvalue weighted by Crippen LogP contribution is 2.16. The van der Waals surface area contributed by atoms with Crippen LogP contribution in [-0.4, -0.2) is 23.1 Å². The molecule has 0 saturated heterocycles. The molecule has 0 amide bonds. The number of nitrogens with two attached hydrogens (primary N) is 1. The lowest BCUT2D eigenvalue weighted by molar-refractivity contribution is 0.605. The van der Waals surface area contributed by atoms with Gasteiger partial charge in [0.2, 0.25) is 5.95 Å². The van der Waals surface area contributed by atoms with Gasteiger partial charge in [0.1, 0.15) is 0 Å². The summed E-state index contributed by atoms with van der Waals surface area (Å²) in [6.07, 6.45) is 1.11. The normalized spacial score (nSPS) is 10.0. The first-order valence-corrected chi connectivity index (χ1v) is 4.47. The van der Waals surface area contributed by atoms with Crippen LogP contribution in [-0.2, 0) is 0 Å². The van der Waals surface area contributed by atoms with E-state index in [0.29, 0.717) is 13.1 Å². The van der Waals surface area contributed by atoms with Crippen molar-refractivity contribution in [1.82, 2.24) is 9.97 Å². The number of halogens is 1. The molecule has 14 heavy (non-hydrogen) atoms. The lowest BCUT2D eigenvalue weighted by Gasteiger charge is -2.20. The van der Waals surface area contributed by atoms with Crippen LogP contribution in [0.5, 0.6) is 0 Å². The van der Waals surface area contributed by atoms with Crippen molar-refractivity contribution in [2.45, 2.75) is 13.8 Å². The third-order valence-corrected chi connectivity index (χ3v) is 1.92. The largest absolute Gasteiger partial charge is 0.355 e. The zero-order chi connectivity index (χ0) is 10.6. The van der Waals surface area contributed by atoms with Crippen LogP contribution in [0.3, 0.4) is 0 Å². The Hall–Kier alpha value is -1.43. The number of nitrogens with zero attached hydrogens (tertiary/aromatic N) is 3. The average molecular weight is 199 g/mol. The van der Waals surface area contributed by atoms with Crippen LogP contribution < -0.4 is 16.2 Å². The van der Waals surface area contributed by atoms with Gasteiger partial charge in [-0.2, -0.15) is 4.98 Å². The van der Waals surface area contributed by atoms with Gasteiger partial charge in [-0.05, 0) is 13.8 Å². The highest BCUT2D eigenvalue weighted by atomic mass is 19.1. The molecule has 1 aromatic heterocycles. The van der Waals surface area contributed by atoms with E-state index in [2.05, 4.69) is 15.4 Å². The number of anilines is 2. The molecule has 0 radical (unpaired) electrons. The van der Waals surface area contributed by atoms with Crippen LogP contribution in [0.2, 0.25) is 0 Å². The van der Waals surface area contributed by atoms with E-state index in [4.69, 9.17) is 5.84 Å². The maximum atomic E-state index is 13.3. The first-order chi connectivity index (χ1) is 6.72. The van der Waals surface area contributed by atoms with Gasteiger partial charge in [-0.15, -0.1) is 0 Å². The Morgan fingerprint density at radius 2 is 2.14 bits per heavy atom. The molecular weight excluding hydrogens is 185 g/mol. The predicted octanol–water partition coefficient (Wildman–Crippen LogP) is 0.748. The second-order valence-electron chi connectivity index (χ2n) is 2.68. The SMILES string of the molecule is CCN(CC)c1nc(NN)ncc1F. The number of aromatic nitrogens is 2. The highest BCUT2D eigenvalue weighted by Gasteiger charge is 2.11. The van der Waals surface area contributed by atoms with Gasteiger partial charge in [0.05, 0.1) is 6.20 Å². The molecule has 0 spiro atoms. The van der Waals surface area contributed by atoms with Gasteiger partial charge >= 0.3 is 0 Å². The molecular formula is C8H14FN5. The molecule has 0 bridgehead atoms. The molecule has 0 aromatic carbocycles. The molecule has 78 valence electrons. The molecule has 0 aliphatic carbocycles. The van der Waals surface area contributed by atoms with E-state index in [9.17, 15) is 4.39 Å². The molecule has 0 unspecified atom stereocenters. The molecule has 0 aliphatic heterocycles. The first-order valence-electron chi connectivity index (χ1n) is 4.47. The Morgan fingerprint density at radius 1 is 1.50 bits per heavy atom. The van der Waals surface area contributed by atoms with Crippen LogP contribution >= 0.6 is 0 Å². The van der Waals surface area contributed by atoms with E-state index in [1.807, 2.05) is 13.8 Å². The zero-order valence-corrected chi connectivity index (χ0v) is 8.29. The highest BCUT2D eigenvalue weighted by molar-refractivity contribution is 5.43. The van der Waals surface area contributed by atoms with E-state index in [1.165, 1.54) is 0 Å². The average Bonchev–Trinajstić information content (AvgIpc) is 2.22. The van der Waals surface area contributed by atoms with Crippen LogP contribution in [0.25, 0.3) is 0 Å². The fourth-order valence-electron chi connectivity index (χ4n) is 1.17. The van der Waals surface area contributed by atoms with Crippen molar-refractivity contribution in [3.8, 4) is 0 Å². The minimum Gasteiger partial charge on any atom is -0.355 e. The molecule has 0 saturated carbocycles. The maximum Gasteiger partial charge on any atom is 0.239 e. The first kappa shape index (κ1) is 10.6. The fraction of sp³-hybridized carbons (Fsp3) is 0.500. The van der Waals surface area contributed by atoms with Crippen molar-refractivity contribution in [2.75, 3.05) is 23.4 Å². The topological polar surface area (TPSA) is 67.1 Å². The van der Waals surface area contributed by atoms with Gasteiger partial charge in [0.15, 0.2) is 11.6 Å². The summed E-state index contributed by atoms with van der Waals surface area (Å²) < 4.78 is 13.3.